The van der Waals surface area contributed by atoms with Gasteiger partial charge in [0.1, 0.15) is 11.6 Å². The molecule has 0 heterocycles. The number of rotatable bonds is 5. The Morgan fingerprint density at radius 2 is 1.75 bits per heavy atom. The Bertz CT molecular complexity index is 605. The van der Waals surface area contributed by atoms with Crippen LogP contribution in [0, 0.1) is 5.82 Å². The van der Waals surface area contributed by atoms with E-state index in [9.17, 15) is 9.18 Å². The molecule has 0 atom stereocenters. The second-order valence-corrected chi connectivity index (χ2v) is 4.88. The van der Waals surface area contributed by atoms with E-state index >= 15 is 0 Å². The van der Waals surface area contributed by atoms with E-state index < -0.39 is 5.82 Å². The summed E-state index contributed by atoms with van der Waals surface area (Å²) in [6, 6.07) is 13.5. The first-order valence-electron chi connectivity index (χ1n) is 6.59. The molecule has 0 fully saturated rings. The van der Waals surface area contributed by atoms with Crippen molar-refractivity contribution in [2.75, 3.05) is 6.61 Å². The van der Waals surface area contributed by atoms with Crippen molar-refractivity contribution >= 4 is 5.78 Å². The zero-order valence-electron chi connectivity index (χ0n) is 11.6. The minimum absolute atomic E-state index is 0.0644. The molecule has 2 aromatic carbocycles. The molecule has 2 rings (SSSR count). The fourth-order valence-electron chi connectivity index (χ4n) is 2.00. The van der Waals surface area contributed by atoms with E-state index in [0.29, 0.717) is 11.7 Å². The Hall–Kier alpha value is -2.16. The molecule has 0 aromatic heterocycles. The summed E-state index contributed by atoms with van der Waals surface area (Å²) < 4.78 is 19.1. The van der Waals surface area contributed by atoms with Crippen LogP contribution in [-0.2, 0) is 0 Å². The summed E-state index contributed by atoms with van der Waals surface area (Å²) >= 11 is 0. The molecule has 104 valence electrons. The molecule has 2 nitrogen and oxygen atoms in total. The Labute approximate surface area is 118 Å². The highest BCUT2D eigenvalue weighted by Crippen LogP contribution is 2.26. The van der Waals surface area contributed by atoms with Crippen LogP contribution in [0.1, 0.15) is 35.7 Å². The molecule has 0 unspecified atom stereocenters. The molecule has 0 saturated carbocycles. The van der Waals surface area contributed by atoms with Crippen LogP contribution in [-0.4, -0.2) is 12.4 Å². The minimum Gasteiger partial charge on any atom is -0.485 e. The maximum atomic E-state index is 13.5. The molecule has 20 heavy (non-hydrogen) atoms. The maximum Gasteiger partial charge on any atom is 0.203 e. The number of ketones is 1. The fraction of sp³-hybridized carbons (Fsp3) is 0.235. The van der Waals surface area contributed by atoms with E-state index in [1.165, 1.54) is 12.1 Å². The number of para-hydroxylation sites is 1. The van der Waals surface area contributed by atoms with Crippen molar-refractivity contribution in [2.45, 2.75) is 19.8 Å². The number of halogens is 1. The van der Waals surface area contributed by atoms with Crippen LogP contribution in [0.3, 0.4) is 0 Å². The van der Waals surface area contributed by atoms with Crippen molar-refractivity contribution in [3.05, 3.63) is 65.5 Å². The minimum atomic E-state index is -0.516. The van der Waals surface area contributed by atoms with Crippen LogP contribution in [0.4, 0.5) is 4.39 Å². The SMILES string of the molecule is CC(C)c1ccccc1OCC(=O)c1ccccc1F. The number of carbonyl (C=O) groups is 1. The lowest BCUT2D eigenvalue weighted by atomic mass is 10.0. The lowest BCUT2D eigenvalue weighted by Crippen LogP contribution is -2.14. The number of hydrogen-bond donors (Lipinski definition) is 0. The molecular weight excluding hydrogens is 255 g/mol. The topological polar surface area (TPSA) is 26.3 Å². The smallest absolute Gasteiger partial charge is 0.203 e. The van der Waals surface area contributed by atoms with Crippen LogP contribution in [0.2, 0.25) is 0 Å². The Kier molecular flexibility index (Phi) is 4.51. The normalized spacial score (nSPS) is 10.6. The van der Waals surface area contributed by atoms with Crippen LogP contribution >= 0.6 is 0 Å². The van der Waals surface area contributed by atoms with E-state index in [1.807, 2.05) is 24.3 Å². The number of hydrogen-bond acceptors (Lipinski definition) is 2. The van der Waals surface area contributed by atoms with Crippen molar-refractivity contribution < 1.29 is 13.9 Å². The van der Waals surface area contributed by atoms with Gasteiger partial charge in [0.05, 0.1) is 5.56 Å². The lowest BCUT2D eigenvalue weighted by molar-refractivity contribution is 0.0916. The fourth-order valence-corrected chi connectivity index (χ4v) is 2.00. The van der Waals surface area contributed by atoms with Crippen molar-refractivity contribution in [3.63, 3.8) is 0 Å². The summed E-state index contributed by atoms with van der Waals surface area (Å²) in [6.07, 6.45) is 0. The van der Waals surface area contributed by atoms with Gasteiger partial charge < -0.3 is 4.74 Å². The standard InChI is InChI=1S/C17H17FO2/c1-12(2)13-7-4-6-10-17(13)20-11-16(19)14-8-3-5-9-15(14)18/h3-10,12H,11H2,1-2H3. The molecular formula is C17H17FO2. The Morgan fingerprint density at radius 3 is 2.45 bits per heavy atom. The van der Waals surface area contributed by atoms with Crippen LogP contribution in [0.5, 0.6) is 5.75 Å². The highest BCUT2D eigenvalue weighted by molar-refractivity contribution is 5.97. The Morgan fingerprint density at radius 1 is 1.10 bits per heavy atom. The van der Waals surface area contributed by atoms with E-state index in [2.05, 4.69) is 13.8 Å². The van der Waals surface area contributed by atoms with Gasteiger partial charge in [0.25, 0.3) is 0 Å². The predicted molar refractivity (Wildman–Crippen MR) is 76.8 cm³/mol. The average Bonchev–Trinajstić information content (AvgIpc) is 2.45. The maximum absolute atomic E-state index is 13.5. The van der Waals surface area contributed by atoms with Gasteiger partial charge in [-0.05, 0) is 29.7 Å². The largest absolute Gasteiger partial charge is 0.485 e. The molecule has 0 amide bonds. The molecule has 0 saturated heterocycles. The average molecular weight is 272 g/mol. The van der Waals surface area contributed by atoms with E-state index in [0.717, 1.165) is 5.56 Å². The molecule has 0 radical (unpaired) electrons. The quantitative estimate of drug-likeness (QED) is 0.762. The number of benzene rings is 2. The third-order valence-corrected chi connectivity index (χ3v) is 3.07. The molecule has 0 aliphatic rings. The first kappa shape index (κ1) is 14.3. The van der Waals surface area contributed by atoms with Crippen molar-refractivity contribution in [2.24, 2.45) is 0 Å². The molecule has 0 bridgehead atoms. The molecule has 3 heteroatoms. The molecule has 0 spiro atoms. The van der Waals surface area contributed by atoms with Gasteiger partial charge in [-0.15, -0.1) is 0 Å². The number of carbonyl (C=O) groups excluding carboxylic acids is 1. The molecule has 0 aliphatic heterocycles. The summed E-state index contributed by atoms with van der Waals surface area (Å²) in [5, 5.41) is 0. The van der Waals surface area contributed by atoms with Crippen LogP contribution < -0.4 is 4.74 Å². The first-order valence-corrected chi connectivity index (χ1v) is 6.59. The van der Waals surface area contributed by atoms with Gasteiger partial charge >= 0.3 is 0 Å². The summed E-state index contributed by atoms with van der Waals surface area (Å²) in [5.41, 5.74) is 1.10. The van der Waals surface area contributed by atoms with E-state index in [1.54, 1.807) is 12.1 Å². The van der Waals surface area contributed by atoms with Gasteiger partial charge in [-0.25, -0.2) is 4.39 Å². The molecule has 0 N–H and O–H groups in total. The van der Waals surface area contributed by atoms with Gasteiger partial charge in [0, 0.05) is 0 Å². The monoisotopic (exact) mass is 272 g/mol. The number of ether oxygens (including phenoxy) is 1. The van der Waals surface area contributed by atoms with Crippen molar-refractivity contribution in [3.8, 4) is 5.75 Å². The molecule has 2 aromatic rings. The van der Waals surface area contributed by atoms with Crippen molar-refractivity contribution in [1.29, 1.82) is 0 Å². The van der Waals surface area contributed by atoms with Crippen molar-refractivity contribution in [1.82, 2.24) is 0 Å². The van der Waals surface area contributed by atoms with Gasteiger partial charge in [-0.2, -0.15) is 0 Å². The van der Waals surface area contributed by atoms with Gasteiger partial charge in [-0.1, -0.05) is 44.2 Å². The third-order valence-electron chi connectivity index (χ3n) is 3.07. The summed E-state index contributed by atoms with van der Waals surface area (Å²) in [7, 11) is 0. The summed E-state index contributed by atoms with van der Waals surface area (Å²) in [4.78, 5) is 12.0. The lowest BCUT2D eigenvalue weighted by Gasteiger charge is -2.13. The summed E-state index contributed by atoms with van der Waals surface area (Å²) in [6.45, 7) is 3.95. The predicted octanol–water partition coefficient (Wildman–Crippen LogP) is 4.21. The second kappa shape index (κ2) is 6.33. The first-order chi connectivity index (χ1) is 9.59. The van der Waals surface area contributed by atoms with Gasteiger partial charge in [0.15, 0.2) is 6.61 Å². The second-order valence-electron chi connectivity index (χ2n) is 4.88. The van der Waals surface area contributed by atoms with Crippen LogP contribution in [0.25, 0.3) is 0 Å². The zero-order valence-corrected chi connectivity index (χ0v) is 11.6. The van der Waals surface area contributed by atoms with E-state index in [4.69, 9.17) is 4.74 Å². The summed E-state index contributed by atoms with van der Waals surface area (Å²) in [5.74, 6) is 0.0989. The van der Waals surface area contributed by atoms with Gasteiger partial charge in [-0.3, -0.25) is 4.79 Å². The third kappa shape index (κ3) is 3.23. The number of Topliss-reactive ketones (excluding diaryl/α,β-unsaturated/α-hetero) is 1. The zero-order chi connectivity index (χ0) is 14.5. The highest BCUT2D eigenvalue weighted by Gasteiger charge is 2.13. The Balaban J connectivity index is 2.10. The van der Waals surface area contributed by atoms with Crippen LogP contribution in [0.15, 0.2) is 48.5 Å². The van der Waals surface area contributed by atoms with E-state index in [-0.39, 0.29) is 18.0 Å². The van der Waals surface area contributed by atoms with Gasteiger partial charge in [0.2, 0.25) is 5.78 Å². The molecule has 0 aliphatic carbocycles. The highest BCUT2D eigenvalue weighted by atomic mass is 19.1.